The van der Waals surface area contributed by atoms with Crippen molar-refractivity contribution < 1.29 is 13.6 Å². The van der Waals surface area contributed by atoms with Crippen LogP contribution in [0, 0.1) is 19.7 Å². The van der Waals surface area contributed by atoms with Crippen molar-refractivity contribution in [3.05, 3.63) is 71.8 Å². The average molecular weight is 362 g/mol. The van der Waals surface area contributed by atoms with E-state index in [0.29, 0.717) is 11.2 Å². The molecule has 0 aliphatic carbocycles. The minimum Gasteiger partial charge on any atom is -0.443 e. The number of aromatic nitrogens is 3. The maximum atomic E-state index is 14.0. The standard InChI is InChI=1S/C20H15FN4O2/c1-11-12(2)24-17-9-13(7-8-16(17)23-11)25-20(26)18-19(27-10-22-18)14-5-3-4-6-15(14)21/h3-10H,1-2H3,(H,25,26). The number of amides is 1. The Morgan fingerprint density at radius 2 is 1.78 bits per heavy atom. The van der Waals surface area contributed by atoms with Crippen LogP contribution in [0.3, 0.4) is 0 Å². The summed E-state index contributed by atoms with van der Waals surface area (Å²) in [6.45, 7) is 3.77. The topological polar surface area (TPSA) is 80.9 Å². The van der Waals surface area contributed by atoms with Gasteiger partial charge in [0.15, 0.2) is 17.8 Å². The van der Waals surface area contributed by atoms with Crippen molar-refractivity contribution in [3.8, 4) is 11.3 Å². The molecule has 0 saturated carbocycles. The maximum absolute atomic E-state index is 14.0. The number of fused-ring (bicyclic) bond motifs is 1. The van der Waals surface area contributed by atoms with Crippen molar-refractivity contribution in [1.29, 1.82) is 0 Å². The van der Waals surface area contributed by atoms with Gasteiger partial charge in [-0.05, 0) is 44.2 Å². The van der Waals surface area contributed by atoms with Crippen molar-refractivity contribution >= 4 is 22.6 Å². The summed E-state index contributed by atoms with van der Waals surface area (Å²) in [5.74, 6) is -0.911. The molecule has 0 fully saturated rings. The smallest absolute Gasteiger partial charge is 0.278 e. The summed E-state index contributed by atoms with van der Waals surface area (Å²) in [5.41, 5.74) is 3.81. The van der Waals surface area contributed by atoms with Crippen molar-refractivity contribution in [1.82, 2.24) is 15.0 Å². The Kier molecular flexibility index (Phi) is 4.12. The molecule has 7 heteroatoms. The number of benzene rings is 2. The molecule has 27 heavy (non-hydrogen) atoms. The molecule has 2 heterocycles. The van der Waals surface area contributed by atoms with Crippen LogP contribution in [0.4, 0.5) is 10.1 Å². The van der Waals surface area contributed by atoms with E-state index in [1.54, 1.807) is 30.3 Å². The van der Waals surface area contributed by atoms with Crippen LogP contribution in [-0.4, -0.2) is 20.9 Å². The number of rotatable bonds is 3. The predicted molar refractivity (Wildman–Crippen MR) is 98.9 cm³/mol. The number of anilines is 1. The Labute approximate surface area is 154 Å². The van der Waals surface area contributed by atoms with E-state index in [9.17, 15) is 9.18 Å². The molecule has 6 nitrogen and oxygen atoms in total. The van der Waals surface area contributed by atoms with Gasteiger partial charge >= 0.3 is 0 Å². The summed E-state index contributed by atoms with van der Waals surface area (Å²) in [6, 6.07) is 11.3. The third-order valence-corrected chi connectivity index (χ3v) is 4.23. The van der Waals surface area contributed by atoms with E-state index < -0.39 is 11.7 Å². The first kappa shape index (κ1) is 16.8. The number of carbonyl (C=O) groups is 1. The van der Waals surface area contributed by atoms with Crippen LogP contribution in [0.5, 0.6) is 0 Å². The Morgan fingerprint density at radius 3 is 2.56 bits per heavy atom. The first-order valence-electron chi connectivity index (χ1n) is 8.27. The van der Waals surface area contributed by atoms with E-state index in [1.807, 2.05) is 13.8 Å². The summed E-state index contributed by atoms with van der Waals surface area (Å²) in [7, 11) is 0. The summed E-state index contributed by atoms with van der Waals surface area (Å²) >= 11 is 0. The van der Waals surface area contributed by atoms with Crippen molar-refractivity contribution in [2.45, 2.75) is 13.8 Å². The van der Waals surface area contributed by atoms with Gasteiger partial charge in [-0.15, -0.1) is 0 Å². The van der Waals surface area contributed by atoms with Gasteiger partial charge in [-0.1, -0.05) is 12.1 Å². The zero-order chi connectivity index (χ0) is 19.0. The first-order valence-corrected chi connectivity index (χ1v) is 8.27. The number of nitrogens with zero attached hydrogens (tertiary/aromatic N) is 3. The molecule has 134 valence electrons. The molecule has 0 atom stereocenters. The molecule has 4 rings (SSSR count). The molecule has 0 saturated heterocycles. The quantitative estimate of drug-likeness (QED) is 0.588. The number of hydrogen-bond acceptors (Lipinski definition) is 5. The van der Waals surface area contributed by atoms with Crippen molar-refractivity contribution in [3.63, 3.8) is 0 Å². The van der Waals surface area contributed by atoms with Gasteiger partial charge in [-0.3, -0.25) is 4.79 Å². The van der Waals surface area contributed by atoms with Gasteiger partial charge in [0.2, 0.25) is 0 Å². The zero-order valence-electron chi connectivity index (χ0n) is 14.7. The highest BCUT2D eigenvalue weighted by atomic mass is 19.1. The van der Waals surface area contributed by atoms with Crippen LogP contribution >= 0.6 is 0 Å². The van der Waals surface area contributed by atoms with Gasteiger partial charge < -0.3 is 9.73 Å². The number of carbonyl (C=O) groups excluding carboxylic acids is 1. The summed E-state index contributed by atoms with van der Waals surface area (Å²) in [4.78, 5) is 25.5. The second-order valence-electron chi connectivity index (χ2n) is 6.06. The molecule has 0 unspecified atom stereocenters. The van der Waals surface area contributed by atoms with E-state index >= 15 is 0 Å². The predicted octanol–water partition coefficient (Wildman–Crippen LogP) is 4.29. The summed E-state index contributed by atoms with van der Waals surface area (Å²) in [6.07, 6.45) is 1.12. The van der Waals surface area contributed by atoms with Crippen LogP contribution in [0.1, 0.15) is 21.9 Å². The second-order valence-corrected chi connectivity index (χ2v) is 6.06. The first-order chi connectivity index (χ1) is 13.0. The van der Waals surface area contributed by atoms with E-state index in [0.717, 1.165) is 23.3 Å². The van der Waals surface area contributed by atoms with Crippen LogP contribution in [-0.2, 0) is 0 Å². The fourth-order valence-corrected chi connectivity index (χ4v) is 2.74. The highest BCUT2D eigenvalue weighted by Gasteiger charge is 2.20. The molecular formula is C20H15FN4O2. The lowest BCUT2D eigenvalue weighted by atomic mass is 10.1. The van der Waals surface area contributed by atoms with E-state index in [1.165, 1.54) is 12.1 Å². The molecule has 2 aromatic carbocycles. The Bertz CT molecular complexity index is 1170. The van der Waals surface area contributed by atoms with Crippen LogP contribution in [0.15, 0.2) is 53.3 Å². The Morgan fingerprint density at radius 1 is 1.04 bits per heavy atom. The molecule has 0 radical (unpaired) electrons. The molecule has 0 bridgehead atoms. The lowest BCUT2D eigenvalue weighted by molar-refractivity contribution is 0.102. The van der Waals surface area contributed by atoms with Gasteiger partial charge in [0, 0.05) is 5.69 Å². The minimum absolute atomic E-state index is 0.00590. The summed E-state index contributed by atoms with van der Waals surface area (Å²) in [5, 5.41) is 2.75. The van der Waals surface area contributed by atoms with Gasteiger partial charge in [-0.25, -0.2) is 19.3 Å². The maximum Gasteiger partial charge on any atom is 0.278 e. The molecule has 0 aliphatic rings. The number of oxazole rings is 1. The summed E-state index contributed by atoms with van der Waals surface area (Å²) < 4.78 is 19.3. The monoisotopic (exact) mass is 362 g/mol. The lowest BCUT2D eigenvalue weighted by Crippen LogP contribution is -2.13. The normalized spacial score (nSPS) is 10.9. The molecule has 0 aliphatic heterocycles. The number of halogens is 1. The van der Waals surface area contributed by atoms with E-state index in [2.05, 4.69) is 20.3 Å². The number of aryl methyl sites for hydroxylation is 2. The van der Waals surface area contributed by atoms with E-state index in [-0.39, 0.29) is 17.0 Å². The fourth-order valence-electron chi connectivity index (χ4n) is 2.74. The third-order valence-electron chi connectivity index (χ3n) is 4.23. The average Bonchev–Trinajstić information content (AvgIpc) is 3.13. The third kappa shape index (κ3) is 3.15. The Hall–Kier alpha value is -3.61. The van der Waals surface area contributed by atoms with E-state index in [4.69, 9.17) is 4.42 Å². The zero-order valence-corrected chi connectivity index (χ0v) is 14.7. The number of nitrogens with one attached hydrogen (secondary N) is 1. The van der Waals surface area contributed by atoms with Crippen molar-refractivity contribution in [2.24, 2.45) is 0 Å². The highest BCUT2D eigenvalue weighted by Crippen LogP contribution is 2.26. The fraction of sp³-hybridized carbons (Fsp3) is 0.100. The van der Waals surface area contributed by atoms with Gasteiger partial charge in [0.05, 0.1) is 28.0 Å². The number of hydrogen-bond donors (Lipinski definition) is 1. The van der Waals surface area contributed by atoms with Gasteiger partial charge in [0.25, 0.3) is 5.91 Å². The van der Waals surface area contributed by atoms with Crippen LogP contribution in [0.25, 0.3) is 22.4 Å². The minimum atomic E-state index is -0.502. The SMILES string of the molecule is Cc1nc2ccc(NC(=O)c3ncoc3-c3ccccc3F)cc2nc1C. The molecule has 2 aromatic heterocycles. The molecule has 1 amide bonds. The van der Waals surface area contributed by atoms with Crippen LogP contribution < -0.4 is 5.32 Å². The molecule has 4 aromatic rings. The van der Waals surface area contributed by atoms with Gasteiger partial charge in [0.1, 0.15) is 5.82 Å². The van der Waals surface area contributed by atoms with Gasteiger partial charge in [-0.2, -0.15) is 0 Å². The van der Waals surface area contributed by atoms with Crippen LogP contribution in [0.2, 0.25) is 0 Å². The molecular weight excluding hydrogens is 347 g/mol. The highest BCUT2D eigenvalue weighted by molar-refractivity contribution is 6.07. The second kappa shape index (κ2) is 6.60. The largest absolute Gasteiger partial charge is 0.443 e. The molecule has 1 N–H and O–H groups in total. The molecule has 0 spiro atoms. The van der Waals surface area contributed by atoms with Crippen molar-refractivity contribution in [2.75, 3.05) is 5.32 Å². The Balaban J connectivity index is 1.66. The lowest BCUT2D eigenvalue weighted by Gasteiger charge is -2.07.